The number of nitrogens with zero attached hydrogens (tertiary/aromatic N) is 2. The van der Waals surface area contributed by atoms with Crippen molar-refractivity contribution in [3.63, 3.8) is 0 Å². The van der Waals surface area contributed by atoms with E-state index in [1.54, 1.807) is 12.1 Å². The monoisotopic (exact) mass is 363 g/mol. The van der Waals surface area contributed by atoms with Crippen LogP contribution in [0.5, 0.6) is 0 Å². The van der Waals surface area contributed by atoms with Crippen molar-refractivity contribution in [3.05, 3.63) is 34.4 Å². The number of rotatable bonds is 9. The Morgan fingerprint density at radius 2 is 1.96 bits per heavy atom. The van der Waals surface area contributed by atoms with Crippen molar-refractivity contribution in [2.24, 2.45) is 0 Å². The zero-order chi connectivity index (χ0) is 18.9. The summed E-state index contributed by atoms with van der Waals surface area (Å²) >= 11 is 0. The first-order valence-corrected chi connectivity index (χ1v) is 8.97. The molecule has 0 aromatic heterocycles. The van der Waals surface area contributed by atoms with Crippen molar-refractivity contribution in [1.82, 2.24) is 4.90 Å². The molecule has 0 radical (unpaired) electrons. The molecule has 1 unspecified atom stereocenters. The van der Waals surface area contributed by atoms with Gasteiger partial charge in [0.2, 0.25) is 5.91 Å². The van der Waals surface area contributed by atoms with Crippen molar-refractivity contribution in [2.75, 3.05) is 18.4 Å². The van der Waals surface area contributed by atoms with Crippen molar-refractivity contribution < 1.29 is 19.6 Å². The van der Waals surface area contributed by atoms with Gasteiger partial charge in [-0.1, -0.05) is 0 Å². The summed E-state index contributed by atoms with van der Waals surface area (Å²) in [5.41, 5.74) is 0.823. The number of hydrogen-bond donors (Lipinski definition) is 2. The number of benzene rings is 1. The van der Waals surface area contributed by atoms with E-state index < -0.39 is 10.9 Å². The molecule has 1 aromatic rings. The van der Waals surface area contributed by atoms with Crippen molar-refractivity contribution in [1.29, 1.82) is 0 Å². The lowest BCUT2D eigenvalue weighted by atomic mass is 9.97. The maximum Gasteiger partial charge on any atom is 0.303 e. The van der Waals surface area contributed by atoms with Gasteiger partial charge < -0.3 is 15.3 Å². The van der Waals surface area contributed by atoms with Gasteiger partial charge in [-0.25, -0.2) is 0 Å². The molecule has 1 atom stereocenters. The van der Waals surface area contributed by atoms with E-state index in [0.29, 0.717) is 32.4 Å². The number of likely N-dealkylation sites (tertiary alicyclic amines) is 1. The van der Waals surface area contributed by atoms with Gasteiger partial charge in [0.25, 0.3) is 5.69 Å². The second-order valence-corrected chi connectivity index (χ2v) is 6.50. The van der Waals surface area contributed by atoms with Crippen LogP contribution in [0.25, 0.3) is 0 Å². The number of anilines is 1. The summed E-state index contributed by atoms with van der Waals surface area (Å²) < 4.78 is 0. The minimum Gasteiger partial charge on any atom is -0.481 e. The Bertz CT molecular complexity index is 632. The smallest absolute Gasteiger partial charge is 0.303 e. The Morgan fingerprint density at radius 1 is 1.23 bits per heavy atom. The first-order valence-electron chi connectivity index (χ1n) is 8.97. The van der Waals surface area contributed by atoms with Crippen LogP contribution in [0.15, 0.2) is 24.3 Å². The van der Waals surface area contributed by atoms with E-state index in [2.05, 4.69) is 5.32 Å². The molecule has 8 heteroatoms. The van der Waals surface area contributed by atoms with E-state index in [-0.39, 0.29) is 24.1 Å². The molecule has 0 bridgehead atoms. The van der Waals surface area contributed by atoms with Crippen molar-refractivity contribution in [2.45, 2.75) is 51.0 Å². The Labute approximate surface area is 152 Å². The Balaban J connectivity index is 1.74. The molecule has 0 aliphatic carbocycles. The number of amides is 1. The van der Waals surface area contributed by atoms with E-state index >= 15 is 0 Å². The number of non-ortho nitro benzene ring substituents is 1. The predicted molar refractivity (Wildman–Crippen MR) is 97.0 cm³/mol. The SMILES string of the molecule is O=C(O)CCC1CCCCN1C(=O)CCCNc1ccc([N+](=O)[O-])cc1. The lowest BCUT2D eigenvalue weighted by molar-refractivity contribution is -0.384. The number of nitro groups is 1. The number of aliphatic carboxylic acids is 1. The normalized spacial score (nSPS) is 16.9. The highest BCUT2D eigenvalue weighted by atomic mass is 16.6. The number of nitrogens with one attached hydrogen (secondary N) is 1. The van der Waals surface area contributed by atoms with Crippen LogP contribution in [-0.4, -0.2) is 45.9 Å². The Morgan fingerprint density at radius 3 is 2.62 bits per heavy atom. The number of carbonyl (C=O) groups is 2. The second-order valence-electron chi connectivity index (χ2n) is 6.50. The molecule has 1 aliphatic heterocycles. The van der Waals surface area contributed by atoms with Gasteiger partial charge in [-0.05, 0) is 44.2 Å². The van der Waals surface area contributed by atoms with Crippen LogP contribution in [-0.2, 0) is 9.59 Å². The molecular formula is C18H25N3O5. The first kappa shape index (κ1) is 19.7. The average Bonchev–Trinajstić information content (AvgIpc) is 2.64. The molecule has 2 N–H and O–H groups in total. The van der Waals surface area contributed by atoms with Gasteiger partial charge in [-0.3, -0.25) is 19.7 Å². The fraction of sp³-hybridized carbons (Fsp3) is 0.556. The summed E-state index contributed by atoms with van der Waals surface area (Å²) in [6.45, 7) is 1.30. The highest BCUT2D eigenvalue weighted by molar-refractivity contribution is 5.76. The van der Waals surface area contributed by atoms with Gasteiger partial charge in [0, 0.05) is 49.8 Å². The van der Waals surface area contributed by atoms with Crippen LogP contribution < -0.4 is 5.32 Å². The lowest BCUT2D eigenvalue weighted by Crippen LogP contribution is -2.44. The number of carboxylic acids is 1. The fourth-order valence-corrected chi connectivity index (χ4v) is 3.24. The maximum absolute atomic E-state index is 12.5. The van der Waals surface area contributed by atoms with E-state index in [1.165, 1.54) is 12.1 Å². The third kappa shape index (κ3) is 6.02. The summed E-state index contributed by atoms with van der Waals surface area (Å²) in [5.74, 6) is -0.749. The Kier molecular flexibility index (Phi) is 7.37. The van der Waals surface area contributed by atoms with Crippen molar-refractivity contribution >= 4 is 23.3 Å². The molecular weight excluding hydrogens is 338 g/mol. The van der Waals surface area contributed by atoms with Crippen molar-refractivity contribution in [3.8, 4) is 0 Å². The molecule has 0 spiro atoms. The van der Waals surface area contributed by atoms with Crippen LogP contribution in [0.3, 0.4) is 0 Å². The summed E-state index contributed by atoms with van der Waals surface area (Å²) in [4.78, 5) is 35.3. The maximum atomic E-state index is 12.5. The molecule has 1 fully saturated rings. The van der Waals surface area contributed by atoms with Gasteiger partial charge >= 0.3 is 5.97 Å². The van der Waals surface area contributed by atoms with Gasteiger partial charge in [-0.15, -0.1) is 0 Å². The molecule has 1 aromatic carbocycles. The predicted octanol–water partition coefficient (Wildman–Crippen LogP) is 3.03. The molecule has 142 valence electrons. The van der Waals surface area contributed by atoms with E-state index in [9.17, 15) is 19.7 Å². The molecule has 0 saturated carbocycles. The molecule has 1 aliphatic rings. The van der Waals surface area contributed by atoms with Crippen LogP contribution in [0.4, 0.5) is 11.4 Å². The minimum absolute atomic E-state index is 0.0370. The van der Waals surface area contributed by atoms with Gasteiger partial charge in [0.15, 0.2) is 0 Å². The van der Waals surface area contributed by atoms with E-state index in [0.717, 1.165) is 24.9 Å². The van der Waals surface area contributed by atoms with Crippen LogP contribution >= 0.6 is 0 Å². The van der Waals surface area contributed by atoms with Gasteiger partial charge in [0.05, 0.1) is 4.92 Å². The summed E-state index contributed by atoms with van der Waals surface area (Å²) in [6, 6.07) is 6.21. The lowest BCUT2D eigenvalue weighted by Gasteiger charge is -2.35. The summed E-state index contributed by atoms with van der Waals surface area (Å²) in [5, 5.41) is 22.6. The third-order valence-corrected chi connectivity index (χ3v) is 4.61. The molecule has 1 amide bonds. The number of carboxylic acid groups (broad SMARTS) is 1. The zero-order valence-electron chi connectivity index (χ0n) is 14.7. The molecule has 1 saturated heterocycles. The topological polar surface area (TPSA) is 113 Å². The number of nitro benzene ring substituents is 1. The number of piperidine rings is 1. The van der Waals surface area contributed by atoms with E-state index in [4.69, 9.17) is 5.11 Å². The van der Waals surface area contributed by atoms with Crippen LogP contribution in [0, 0.1) is 10.1 Å². The molecule has 8 nitrogen and oxygen atoms in total. The fourth-order valence-electron chi connectivity index (χ4n) is 3.24. The van der Waals surface area contributed by atoms with E-state index in [1.807, 2.05) is 4.90 Å². The third-order valence-electron chi connectivity index (χ3n) is 4.61. The average molecular weight is 363 g/mol. The first-order chi connectivity index (χ1) is 12.5. The van der Waals surface area contributed by atoms with Gasteiger partial charge in [0.1, 0.15) is 0 Å². The van der Waals surface area contributed by atoms with Crippen LogP contribution in [0.1, 0.15) is 44.9 Å². The Hall–Kier alpha value is -2.64. The molecule has 26 heavy (non-hydrogen) atoms. The highest BCUT2D eigenvalue weighted by Gasteiger charge is 2.26. The van der Waals surface area contributed by atoms with Crippen LogP contribution in [0.2, 0.25) is 0 Å². The summed E-state index contributed by atoms with van der Waals surface area (Å²) in [6.07, 6.45) is 4.55. The molecule has 1 heterocycles. The quantitative estimate of drug-likeness (QED) is 0.396. The largest absolute Gasteiger partial charge is 0.481 e. The number of carbonyl (C=O) groups excluding carboxylic acids is 1. The zero-order valence-corrected chi connectivity index (χ0v) is 14.7. The van der Waals surface area contributed by atoms with Gasteiger partial charge in [-0.2, -0.15) is 0 Å². The minimum atomic E-state index is -0.824. The second kappa shape index (κ2) is 9.74. The summed E-state index contributed by atoms with van der Waals surface area (Å²) in [7, 11) is 0. The highest BCUT2D eigenvalue weighted by Crippen LogP contribution is 2.22. The molecule has 2 rings (SSSR count). The standard InChI is InChI=1S/C18H25N3O5/c22-17(20-13-2-1-4-15(20)10-11-18(23)24)5-3-12-19-14-6-8-16(9-7-14)21(25)26/h6-9,15,19H,1-5,10-13H2,(H,23,24). The number of hydrogen-bond acceptors (Lipinski definition) is 5.